The first-order valence-electron chi connectivity index (χ1n) is 6.17. The molecule has 1 aromatic carbocycles. The number of nitrogens with zero attached hydrogens (tertiary/aromatic N) is 1. The van der Waals surface area contributed by atoms with Crippen molar-refractivity contribution in [2.24, 2.45) is 5.92 Å². The van der Waals surface area contributed by atoms with Gasteiger partial charge in [0.05, 0.1) is 15.7 Å². The van der Waals surface area contributed by atoms with E-state index in [2.05, 4.69) is 10.2 Å². The molecule has 0 amide bonds. The quantitative estimate of drug-likeness (QED) is 0.885. The van der Waals surface area contributed by atoms with Gasteiger partial charge in [-0.3, -0.25) is 0 Å². The number of anilines is 1. The minimum atomic E-state index is 0.546. The number of rotatable bonds is 2. The molecular formula is C13H16Cl2N2. The molecule has 2 fully saturated rings. The molecule has 3 unspecified atom stereocenters. The molecule has 2 heterocycles. The molecule has 3 rings (SSSR count). The van der Waals surface area contributed by atoms with Gasteiger partial charge in [0.2, 0.25) is 0 Å². The van der Waals surface area contributed by atoms with Crippen molar-refractivity contribution in [3.63, 3.8) is 0 Å². The molecule has 4 heteroatoms. The summed E-state index contributed by atoms with van der Waals surface area (Å²) in [6.07, 6.45) is 2.50. The second-order valence-corrected chi connectivity index (χ2v) is 5.78. The van der Waals surface area contributed by atoms with Gasteiger partial charge >= 0.3 is 0 Å². The second kappa shape index (κ2) is 4.68. The van der Waals surface area contributed by atoms with Crippen LogP contribution in [0, 0.1) is 5.92 Å². The smallest absolute Gasteiger partial charge is 0.0823 e. The highest BCUT2D eigenvalue weighted by Crippen LogP contribution is 2.34. The summed E-state index contributed by atoms with van der Waals surface area (Å²) in [7, 11) is 0. The van der Waals surface area contributed by atoms with E-state index in [0.29, 0.717) is 16.1 Å². The summed E-state index contributed by atoms with van der Waals surface area (Å²) >= 11 is 12.2. The van der Waals surface area contributed by atoms with Crippen molar-refractivity contribution in [1.82, 2.24) is 4.90 Å². The maximum Gasteiger partial charge on any atom is 0.0823 e. The SMILES string of the molecule is Clc1cccc(NC2CCN3CCC2C3)c1Cl. The largest absolute Gasteiger partial charge is 0.381 e. The molecule has 17 heavy (non-hydrogen) atoms. The monoisotopic (exact) mass is 270 g/mol. The van der Waals surface area contributed by atoms with Gasteiger partial charge in [0.25, 0.3) is 0 Å². The summed E-state index contributed by atoms with van der Waals surface area (Å²) in [4.78, 5) is 2.54. The van der Waals surface area contributed by atoms with Gasteiger partial charge in [-0.05, 0) is 37.4 Å². The fraction of sp³-hybridized carbons (Fsp3) is 0.538. The maximum atomic E-state index is 6.21. The molecule has 2 bridgehead atoms. The number of fused-ring (bicyclic) bond motifs is 2. The third-order valence-corrected chi connectivity index (χ3v) is 4.75. The van der Waals surface area contributed by atoms with Crippen LogP contribution in [-0.4, -0.2) is 30.6 Å². The van der Waals surface area contributed by atoms with E-state index < -0.39 is 0 Å². The minimum Gasteiger partial charge on any atom is -0.381 e. The van der Waals surface area contributed by atoms with Gasteiger partial charge < -0.3 is 10.2 Å². The van der Waals surface area contributed by atoms with E-state index in [1.807, 2.05) is 18.2 Å². The average Bonchev–Trinajstić information content (AvgIpc) is 2.71. The lowest BCUT2D eigenvalue weighted by Gasteiger charge is -2.32. The lowest BCUT2D eigenvalue weighted by atomic mass is 9.94. The number of piperidine rings is 1. The van der Waals surface area contributed by atoms with E-state index >= 15 is 0 Å². The zero-order valence-corrected chi connectivity index (χ0v) is 11.1. The van der Waals surface area contributed by atoms with Crippen LogP contribution in [-0.2, 0) is 0 Å². The molecule has 2 saturated heterocycles. The van der Waals surface area contributed by atoms with Crippen molar-refractivity contribution in [2.45, 2.75) is 18.9 Å². The van der Waals surface area contributed by atoms with Crippen molar-refractivity contribution in [3.05, 3.63) is 28.2 Å². The summed E-state index contributed by atoms with van der Waals surface area (Å²) in [5, 5.41) is 4.85. The van der Waals surface area contributed by atoms with Crippen molar-refractivity contribution < 1.29 is 0 Å². The molecule has 2 aliphatic rings. The van der Waals surface area contributed by atoms with E-state index in [1.54, 1.807) is 0 Å². The van der Waals surface area contributed by atoms with Crippen LogP contribution in [0.25, 0.3) is 0 Å². The first-order chi connectivity index (χ1) is 8.24. The molecule has 1 N–H and O–H groups in total. The summed E-state index contributed by atoms with van der Waals surface area (Å²) in [6, 6.07) is 6.33. The van der Waals surface area contributed by atoms with Crippen LogP contribution in [0.3, 0.4) is 0 Å². The van der Waals surface area contributed by atoms with Crippen LogP contribution in [0.4, 0.5) is 5.69 Å². The molecular weight excluding hydrogens is 255 g/mol. The molecule has 3 atom stereocenters. The molecule has 2 nitrogen and oxygen atoms in total. The van der Waals surface area contributed by atoms with Crippen LogP contribution in [0.2, 0.25) is 10.0 Å². The van der Waals surface area contributed by atoms with Crippen molar-refractivity contribution >= 4 is 28.9 Å². The minimum absolute atomic E-state index is 0.546. The normalized spacial score (nSPS) is 31.5. The Kier molecular flexibility index (Phi) is 3.20. The van der Waals surface area contributed by atoms with Crippen molar-refractivity contribution in [1.29, 1.82) is 0 Å². The van der Waals surface area contributed by atoms with E-state index in [9.17, 15) is 0 Å². The van der Waals surface area contributed by atoms with Crippen LogP contribution in [0.1, 0.15) is 12.8 Å². The Balaban J connectivity index is 1.76. The maximum absolute atomic E-state index is 6.21. The van der Waals surface area contributed by atoms with Gasteiger partial charge in [-0.15, -0.1) is 0 Å². The Morgan fingerprint density at radius 1 is 1.18 bits per heavy atom. The lowest BCUT2D eigenvalue weighted by molar-refractivity contribution is 0.255. The van der Waals surface area contributed by atoms with Gasteiger partial charge in [-0.2, -0.15) is 0 Å². The van der Waals surface area contributed by atoms with Gasteiger partial charge in [-0.1, -0.05) is 29.3 Å². The summed E-state index contributed by atoms with van der Waals surface area (Å²) in [5.74, 6) is 0.763. The molecule has 0 aliphatic carbocycles. The van der Waals surface area contributed by atoms with E-state index in [1.165, 1.54) is 32.5 Å². The van der Waals surface area contributed by atoms with Crippen molar-refractivity contribution in [2.75, 3.05) is 25.0 Å². The van der Waals surface area contributed by atoms with Gasteiger partial charge in [0.1, 0.15) is 0 Å². The number of hydrogen-bond acceptors (Lipinski definition) is 2. The molecule has 0 aromatic heterocycles. The first kappa shape index (κ1) is 11.6. The fourth-order valence-corrected chi connectivity index (χ4v) is 3.31. The Bertz CT molecular complexity index is 422. The van der Waals surface area contributed by atoms with E-state index in [-0.39, 0.29) is 0 Å². The second-order valence-electron chi connectivity index (χ2n) is 4.99. The molecule has 0 spiro atoms. The Hall–Kier alpha value is -0.440. The van der Waals surface area contributed by atoms with Crippen LogP contribution in [0.5, 0.6) is 0 Å². The summed E-state index contributed by atoms with van der Waals surface area (Å²) in [6.45, 7) is 3.69. The topological polar surface area (TPSA) is 15.3 Å². The standard InChI is InChI=1S/C13H16Cl2N2/c14-10-2-1-3-12(13(10)15)16-11-5-7-17-6-4-9(11)8-17/h1-3,9,11,16H,4-8H2. The lowest BCUT2D eigenvalue weighted by Crippen LogP contribution is -2.39. The van der Waals surface area contributed by atoms with Crippen molar-refractivity contribution in [3.8, 4) is 0 Å². The van der Waals surface area contributed by atoms with Gasteiger partial charge in [0, 0.05) is 19.1 Å². The zero-order valence-electron chi connectivity index (χ0n) is 9.63. The van der Waals surface area contributed by atoms with E-state index in [4.69, 9.17) is 23.2 Å². The predicted octanol–water partition coefficient (Wildman–Crippen LogP) is 3.50. The van der Waals surface area contributed by atoms with E-state index in [0.717, 1.165) is 11.6 Å². The molecule has 0 radical (unpaired) electrons. The van der Waals surface area contributed by atoms with Crippen LogP contribution in [0.15, 0.2) is 18.2 Å². The highest BCUT2D eigenvalue weighted by atomic mass is 35.5. The summed E-state index contributed by atoms with van der Waals surface area (Å²) < 4.78 is 0. The number of halogens is 2. The predicted molar refractivity (Wildman–Crippen MR) is 73.0 cm³/mol. The molecule has 92 valence electrons. The third kappa shape index (κ3) is 2.26. The summed E-state index contributed by atoms with van der Waals surface area (Å²) in [5.41, 5.74) is 0.976. The first-order valence-corrected chi connectivity index (χ1v) is 6.92. The van der Waals surface area contributed by atoms with Gasteiger partial charge in [0.15, 0.2) is 0 Å². The van der Waals surface area contributed by atoms with Gasteiger partial charge in [-0.25, -0.2) is 0 Å². The zero-order chi connectivity index (χ0) is 11.8. The highest BCUT2D eigenvalue weighted by molar-refractivity contribution is 6.43. The highest BCUT2D eigenvalue weighted by Gasteiger charge is 2.34. The Morgan fingerprint density at radius 3 is 2.88 bits per heavy atom. The Labute approximate surface area is 112 Å². The Morgan fingerprint density at radius 2 is 2.00 bits per heavy atom. The molecule has 0 saturated carbocycles. The average molecular weight is 271 g/mol. The third-order valence-electron chi connectivity index (χ3n) is 3.93. The fourth-order valence-electron chi connectivity index (χ4n) is 2.96. The van der Waals surface area contributed by atoms with Crippen LogP contribution >= 0.6 is 23.2 Å². The molecule has 2 aliphatic heterocycles. The van der Waals surface area contributed by atoms with Crippen LogP contribution < -0.4 is 5.32 Å². The number of nitrogens with one attached hydrogen (secondary N) is 1. The molecule has 1 aromatic rings. The number of benzene rings is 1. The number of hydrogen-bond donors (Lipinski definition) is 1.